The second kappa shape index (κ2) is 17.6. The van der Waals surface area contributed by atoms with Crippen LogP contribution in [0.25, 0.3) is 41.3 Å². The average Bonchev–Trinajstić information content (AvgIpc) is 4.16. The van der Waals surface area contributed by atoms with Crippen LogP contribution in [0.4, 0.5) is 4.79 Å². The van der Waals surface area contributed by atoms with E-state index in [9.17, 15) is 19.2 Å². The molecule has 324 valence electrons. The van der Waals surface area contributed by atoms with Gasteiger partial charge in [-0.3, -0.25) is 14.4 Å². The molecule has 2 aliphatic rings. The largest absolute Gasteiger partial charge is 0.495 e. The fourth-order valence-electron chi connectivity index (χ4n) is 8.84. The highest BCUT2D eigenvalue weighted by Gasteiger charge is 2.38. The SMILES string of the molecule is COC(=O)NC(C(=O)N1CCC[C@H]1c1ncc(-c2cc3c(OC)c4sc(-c5cnc([C@@H]6CCCN6C(=O)C(NC(C)=O)c6ccccc6)[nH]5)cc4c(OC)c3s2)[nH]1)c1ccccc1. The van der Waals surface area contributed by atoms with Gasteiger partial charge in [0, 0.05) is 30.8 Å². The molecule has 4 aromatic heterocycles. The fraction of sp³-hybridized carbons (Fsp3) is 0.304. The van der Waals surface area contributed by atoms with Gasteiger partial charge in [-0.2, -0.15) is 0 Å². The molecule has 7 aromatic rings. The van der Waals surface area contributed by atoms with E-state index < -0.39 is 18.2 Å². The highest BCUT2D eigenvalue weighted by atomic mass is 32.1. The van der Waals surface area contributed by atoms with E-state index in [0.717, 1.165) is 66.1 Å². The Kier molecular flexibility index (Phi) is 11.6. The molecule has 0 radical (unpaired) electrons. The third kappa shape index (κ3) is 7.86. The van der Waals surface area contributed by atoms with E-state index >= 15 is 0 Å². The van der Waals surface area contributed by atoms with Crippen LogP contribution in [0.15, 0.2) is 85.2 Å². The summed E-state index contributed by atoms with van der Waals surface area (Å²) in [6, 6.07) is 20.3. The first kappa shape index (κ1) is 41.6. The van der Waals surface area contributed by atoms with E-state index in [1.165, 1.54) is 14.0 Å². The maximum atomic E-state index is 14.1. The smallest absolute Gasteiger partial charge is 0.407 e. The minimum absolute atomic E-state index is 0.170. The van der Waals surface area contributed by atoms with Crippen molar-refractivity contribution in [1.82, 2.24) is 40.4 Å². The topological polar surface area (TPSA) is 184 Å². The summed E-state index contributed by atoms with van der Waals surface area (Å²) < 4.78 is 18.9. The van der Waals surface area contributed by atoms with Crippen LogP contribution in [0.1, 0.15) is 79.6 Å². The summed E-state index contributed by atoms with van der Waals surface area (Å²) in [6.07, 6.45) is 5.96. The lowest BCUT2D eigenvalue weighted by Crippen LogP contribution is -2.42. The Morgan fingerprint density at radius 1 is 0.683 bits per heavy atom. The van der Waals surface area contributed by atoms with Crippen LogP contribution in [0.2, 0.25) is 0 Å². The van der Waals surface area contributed by atoms with Crippen molar-refractivity contribution in [3.8, 4) is 32.6 Å². The first-order valence-corrected chi connectivity index (χ1v) is 22.3. The van der Waals surface area contributed by atoms with Gasteiger partial charge in [0.05, 0.1) is 76.3 Å². The number of hydrogen-bond acceptors (Lipinski definition) is 11. The van der Waals surface area contributed by atoms with Crippen molar-refractivity contribution in [3.05, 3.63) is 108 Å². The molecule has 0 aliphatic carbocycles. The zero-order chi connectivity index (χ0) is 43.8. The molecule has 63 heavy (non-hydrogen) atoms. The third-order valence-electron chi connectivity index (χ3n) is 11.8. The van der Waals surface area contributed by atoms with Gasteiger partial charge in [-0.25, -0.2) is 14.8 Å². The number of amides is 4. The molecule has 0 bridgehead atoms. The molecule has 2 aliphatic heterocycles. The van der Waals surface area contributed by atoms with Gasteiger partial charge in [0.15, 0.2) is 0 Å². The van der Waals surface area contributed by atoms with Crippen LogP contribution >= 0.6 is 22.7 Å². The maximum absolute atomic E-state index is 14.1. The van der Waals surface area contributed by atoms with E-state index in [4.69, 9.17) is 24.2 Å². The minimum Gasteiger partial charge on any atom is -0.495 e. The van der Waals surface area contributed by atoms with Crippen molar-refractivity contribution in [3.63, 3.8) is 0 Å². The summed E-state index contributed by atoms with van der Waals surface area (Å²) in [5.74, 6) is 2.10. The Labute approximate surface area is 370 Å². The first-order chi connectivity index (χ1) is 30.7. The number of aromatic amines is 2. The van der Waals surface area contributed by atoms with Gasteiger partial charge in [-0.1, -0.05) is 60.7 Å². The highest BCUT2D eigenvalue weighted by molar-refractivity contribution is 7.24. The number of rotatable bonds is 12. The molecule has 0 saturated carbocycles. The Hall–Kier alpha value is -6.72. The molecular weight excluding hydrogens is 841 g/mol. The van der Waals surface area contributed by atoms with E-state index in [1.54, 1.807) is 54.2 Å². The van der Waals surface area contributed by atoms with Crippen LogP contribution in [0.3, 0.4) is 0 Å². The van der Waals surface area contributed by atoms with Crippen molar-refractivity contribution in [2.45, 2.75) is 56.8 Å². The van der Waals surface area contributed by atoms with Crippen LogP contribution in [-0.2, 0) is 19.1 Å². The number of H-pyrrole nitrogens is 2. The van der Waals surface area contributed by atoms with Gasteiger partial charge in [-0.05, 0) is 48.9 Å². The summed E-state index contributed by atoms with van der Waals surface area (Å²) in [4.78, 5) is 74.6. The molecule has 17 heteroatoms. The predicted octanol–water partition coefficient (Wildman–Crippen LogP) is 8.22. The quantitative estimate of drug-likeness (QED) is 0.0939. The van der Waals surface area contributed by atoms with Crippen molar-refractivity contribution in [2.75, 3.05) is 34.4 Å². The second-order valence-corrected chi connectivity index (χ2v) is 17.6. The number of nitrogens with zero attached hydrogens (tertiary/aromatic N) is 4. The van der Waals surface area contributed by atoms with Crippen LogP contribution in [0, 0.1) is 0 Å². The minimum atomic E-state index is -0.912. The molecule has 2 unspecified atom stereocenters. The van der Waals surface area contributed by atoms with E-state index in [2.05, 4.69) is 32.7 Å². The number of carbonyl (C=O) groups excluding carboxylic acids is 4. The molecule has 9 rings (SSSR count). The molecule has 4 N–H and O–H groups in total. The molecule has 4 amide bonds. The van der Waals surface area contributed by atoms with Gasteiger partial charge >= 0.3 is 6.09 Å². The van der Waals surface area contributed by atoms with Crippen LogP contribution in [0.5, 0.6) is 11.5 Å². The predicted molar refractivity (Wildman–Crippen MR) is 241 cm³/mol. The number of benzene rings is 3. The number of fused-ring (bicyclic) bond motifs is 2. The number of hydrogen-bond donors (Lipinski definition) is 4. The molecular formula is C46H46N8O7S2. The van der Waals surface area contributed by atoms with Gasteiger partial charge in [-0.15, -0.1) is 22.7 Å². The van der Waals surface area contributed by atoms with Gasteiger partial charge in [0.1, 0.15) is 35.2 Å². The highest BCUT2D eigenvalue weighted by Crippen LogP contribution is 2.52. The average molecular weight is 887 g/mol. The van der Waals surface area contributed by atoms with E-state index in [1.807, 2.05) is 65.6 Å². The van der Waals surface area contributed by atoms with E-state index in [0.29, 0.717) is 48.2 Å². The monoisotopic (exact) mass is 886 g/mol. The van der Waals surface area contributed by atoms with Gasteiger partial charge in [0.2, 0.25) is 11.8 Å². The number of thiophene rings is 2. The Morgan fingerprint density at radius 2 is 1.13 bits per heavy atom. The van der Waals surface area contributed by atoms with Crippen molar-refractivity contribution in [1.29, 1.82) is 0 Å². The molecule has 15 nitrogen and oxygen atoms in total. The molecule has 2 fully saturated rings. The Balaban J connectivity index is 0.985. The van der Waals surface area contributed by atoms with Crippen molar-refractivity contribution in [2.24, 2.45) is 0 Å². The Morgan fingerprint density at radius 3 is 1.54 bits per heavy atom. The molecule has 0 spiro atoms. The third-order valence-corrected chi connectivity index (χ3v) is 14.1. The maximum Gasteiger partial charge on any atom is 0.407 e. The van der Waals surface area contributed by atoms with Gasteiger partial charge < -0.3 is 44.6 Å². The molecule has 6 heterocycles. The normalized spacial score (nSPS) is 17.2. The first-order valence-electron chi connectivity index (χ1n) is 20.7. The Bertz CT molecular complexity index is 2760. The van der Waals surface area contributed by atoms with Crippen molar-refractivity contribution >= 4 is 66.7 Å². The number of ether oxygens (including phenoxy) is 3. The molecule has 2 saturated heterocycles. The van der Waals surface area contributed by atoms with Crippen LogP contribution < -0.4 is 20.1 Å². The summed E-state index contributed by atoms with van der Waals surface area (Å²) in [6.45, 7) is 2.50. The van der Waals surface area contributed by atoms with Gasteiger partial charge in [0.25, 0.3) is 5.91 Å². The second-order valence-electron chi connectivity index (χ2n) is 15.5. The fourth-order valence-corrected chi connectivity index (χ4v) is 11.2. The summed E-state index contributed by atoms with van der Waals surface area (Å²) in [5, 5.41) is 7.36. The van der Waals surface area contributed by atoms with Crippen LogP contribution in [-0.4, -0.2) is 88.0 Å². The number of methoxy groups -OCH3 is 3. The summed E-state index contributed by atoms with van der Waals surface area (Å²) >= 11 is 3.12. The number of imidazole rings is 2. The van der Waals surface area contributed by atoms with Crippen molar-refractivity contribution < 1.29 is 33.4 Å². The molecule has 4 atom stereocenters. The summed E-state index contributed by atoms with van der Waals surface area (Å²) in [7, 11) is 4.61. The lowest BCUT2D eigenvalue weighted by molar-refractivity contribution is -0.137. The molecule has 3 aromatic carbocycles. The zero-order valence-corrected chi connectivity index (χ0v) is 36.7. The number of aromatic nitrogens is 4. The number of carbonyl (C=O) groups is 4. The zero-order valence-electron chi connectivity index (χ0n) is 35.1. The standard InChI is InChI=1S/C46H46N8O7S2/c1-25(55)49-36(26-13-7-5-8-14-26)44(56)53-19-11-17-32(53)42-47-23-30(50-42)34-21-28-38(59-2)41-29(39(60-3)40(28)62-34)22-35(63-41)31-24-48-43(51-31)33-18-12-20-54(33)45(57)37(52-46(58)61-4)27-15-9-6-10-16-27/h5-10,13-16,21-24,32-33,36-37H,11-12,17-20H2,1-4H3,(H,47,50)(H,48,51)(H,49,55)(H,52,58)/t32-,33-,36?,37?/m0/s1. The summed E-state index contributed by atoms with van der Waals surface area (Å²) in [5.41, 5.74) is 2.99. The number of alkyl carbamates (subject to hydrolysis) is 1. The lowest BCUT2D eigenvalue weighted by atomic mass is 10.0. The lowest BCUT2D eigenvalue weighted by Gasteiger charge is -2.28. The number of nitrogens with one attached hydrogen (secondary N) is 4. The van der Waals surface area contributed by atoms with E-state index in [-0.39, 0.29) is 29.8 Å². The number of likely N-dealkylation sites (tertiary alicyclic amines) is 2.